The number of alkyl halides is 4. The van der Waals surface area contributed by atoms with E-state index in [4.69, 9.17) is 0 Å². The van der Waals surface area contributed by atoms with Gasteiger partial charge in [-0.1, -0.05) is 6.42 Å². The molecule has 0 aromatic carbocycles. The minimum absolute atomic E-state index is 0.174. The van der Waals surface area contributed by atoms with E-state index < -0.39 is 24.9 Å². The number of halogens is 4. The molecule has 0 saturated heterocycles. The summed E-state index contributed by atoms with van der Waals surface area (Å²) in [6.45, 7) is -0.751. The van der Waals surface area contributed by atoms with Gasteiger partial charge < -0.3 is 5.32 Å². The molecule has 0 bridgehead atoms. The molecular formula is C15H20F4N4O. The van der Waals surface area contributed by atoms with E-state index in [0.717, 1.165) is 30.5 Å². The van der Waals surface area contributed by atoms with E-state index in [0.29, 0.717) is 5.82 Å². The zero-order valence-corrected chi connectivity index (χ0v) is 13.3. The molecule has 1 aromatic rings. The average Bonchev–Trinajstić information content (AvgIpc) is 2.68. The number of nitrogens with zero attached hydrogens (tertiary/aromatic N) is 2. The van der Waals surface area contributed by atoms with Crippen LogP contribution in [0.4, 0.5) is 28.2 Å². The van der Waals surface area contributed by atoms with E-state index in [1.54, 1.807) is 7.05 Å². The minimum atomic E-state index is -2.64. The van der Waals surface area contributed by atoms with Crippen LogP contribution in [-0.2, 0) is 7.05 Å². The third-order valence-electron chi connectivity index (χ3n) is 4.77. The van der Waals surface area contributed by atoms with E-state index in [1.165, 1.54) is 4.68 Å². The van der Waals surface area contributed by atoms with Gasteiger partial charge in [-0.05, 0) is 18.8 Å². The molecule has 24 heavy (non-hydrogen) atoms. The van der Waals surface area contributed by atoms with Crippen LogP contribution >= 0.6 is 0 Å². The van der Waals surface area contributed by atoms with Gasteiger partial charge in [-0.25, -0.2) is 22.4 Å². The van der Waals surface area contributed by atoms with Gasteiger partial charge in [-0.2, -0.15) is 5.10 Å². The van der Waals surface area contributed by atoms with Gasteiger partial charge in [-0.3, -0.25) is 10.00 Å². The molecule has 3 rings (SSSR count). The van der Waals surface area contributed by atoms with Crippen molar-refractivity contribution in [2.24, 2.45) is 7.05 Å². The van der Waals surface area contributed by atoms with E-state index >= 15 is 0 Å². The molecule has 2 N–H and O–H groups in total. The number of rotatable bonds is 5. The third-order valence-corrected chi connectivity index (χ3v) is 4.77. The van der Waals surface area contributed by atoms with Gasteiger partial charge in [0, 0.05) is 37.1 Å². The van der Waals surface area contributed by atoms with Crippen molar-refractivity contribution in [3.05, 3.63) is 11.3 Å². The molecule has 0 spiro atoms. The van der Waals surface area contributed by atoms with Crippen molar-refractivity contribution in [2.45, 2.75) is 56.3 Å². The Balaban J connectivity index is 1.80. The summed E-state index contributed by atoms with van der Waals surface area (Å²) in [6.07, 6.45) is -0.216. The minimum Gasteiger partial charge on any atom is -0.332 e. The van der Waals surface area contributed by atoms with Crippen molar-refractivity contribution in [2.75, 3.05) is 11.9 Å². The number of carbonyl (C=O) groups is 1. The van der Waals surface area contributed by atoms with Gasteiger partial charge in [0.1, 0.15) is 0 Å². The molecule has 134 valence electrons. The first-order valence-electron chi connectivity index (χ1n) is 8.04. The number of aromatic nitrogens is 2. The molecule has 9 heteroatoms. The fourth-order valence-corrected chi connectivity index (χ4v) is 3.41. The number of nitrogens with one attached hydrogen (secondary N) is 2. The van der Waals surface area contributed by atoms with Crippen LogP contribution in [0.25, 0.3) is 0 Å². The maximum atomic E-state index is 13.2. The Morgan fingerprint density at radius 1 is 1.33 bits per heavy atom. The maximum Gasteiger partial charge on any atom is 0.320 e. The molecule has 1 heterocycles. The number of carbonyl (C=O) groups excluding carboxylic acids is 1. The van der Waals surface area contributed by atoms with Crippen LogP contribution in [0.1, 0.15) is 55.2 Å². The van der Waals surface area contributed by atoms with Crippen molar-refractivity contribution in [3.63, 3.8) is 0 Å². The third kappa shape index (κ3) is 3.34. The number of hydrogen-bond donors (Lipinski definition) is 2. The zero-order valence-electron chi connectivity index (χ0n) is 13.3. The summed E-state index contributed by atoms with van der Waals surface area (Å²) in [7, 11) is 1.66. The van der Waals surface area contributed by atoms with E-state index in [9.17, 15) is 22.4 Å². The Morgan fingerprint density at radius 3 is 2.50 bits per heavy atom. The fourth-order valence-electron chi connectivity index (χ4n) is 3.41. The standard InChI is InChI=1S/C15H20F4N4O/c1-23-12(9-5-15(18,19)6-9)11(8-3-2-4-8)13(22-23)21-14(24)20-7-10(16)17/h8-10H,2-7H2,1H3,(H2,20,21,22,24). The van der Waals surface area contributed by atoms with E-state index in [1.807, 2.05) is 0 Å². The molecule has 2 saturated carbocycles. The first-order valence-corrected chi connectivity index (χ1v) is 8.04. The highest BCUT2D eigenvalue weighted by Gasteiger charge is 2.49. The largest absolute Gasteiger partial charge is 0.332 e. The smallest absolute Gasteiger partial charge is 0.320 e. The molecule has 1 aromatic heterocycles. The second-order valence-corrected chi connectivity index (χ2v) is 6.59. The van der Waals surface area contributed by atoms with Crippen molar-refractivity contribution in [1.29, 1.82) is 0 Å². The first kappa shape index (κ1) is 17.0. The quantitative estimate of drug-likeness (QED) is 0.799. The molecule has 0 radical (unpaired) electrons. The Morgan fingerprint density at radius 2 is 2.00 bits per heavy atom. The summed E-state index contributed by atoms with van der Waals surface area (Å²) in [5, 5.41) is 8.80. The van der Waals surface area contributed by atoms with Crippen molar-refractivity contribution in [3.8, 4) is 0 Å². The highest BCUT2D eigenvalue weighted by atomic mass is 19.3. The molecule has 2 aliphatic rings. The average molecular weight is 348 g/mol. The molecule has 0 atom stereocenters. The lowest BCUT2D eigenvalue weighted by molar-refractivity contribution is -0.0884. The molecular weight excluding hydrogens is 328 g/mol. The van der Waals surface area contributed by atoms with Crippen LogP contribution in [0.3, 0.4) is 0 Å². The monoisotopic (exact) mass is 348 g/mol. The fraction of sp³-hybridized carbons (Fsp3) is 0.733. The molecule has 2 amide bonds. The molecule has 0 unspecified atom stereocenters. The van der Waals surface area contributed by atoms with Crippen molar-refractivity contribution < 1.29 is 22.4 Å². The Bertz CT molecular complexity index is 619. The lowest BCUT2D eigenvalue weighted by atomic mass is 9.72. The second-order valence-electron chi connectivity index (χ2n) is 6.59. The summed E-state index contributed by atoms with van der Waals surface area (Å²) in [5.41, 5.74) is 1.52. The SMILES string of the molecule is Cn1nc(NC(=O)NCC(F)F)c(C2CCC2)c1C1CC(F)(F)C1. The summed E-state index contributed by atoms with van der Waals surface area (Å²) >= 11 is 0. The summed E-state index contributed by atoms with van der Waals surface area (Å²) in [6, 6.07) is -0.764. The Hall–Kier alpha value is -1.80. The highest BCUT2D eigenvalue weighted by molar-refractivity contribution is 5.89. The summed E-state index contributed by atoms with van der Waals surface area (Å²) in [4.78, 5) is 11.8. The second kappa shape index (κ2) is 6.25. The van der Waals surface area contributed by atoms with Gasteiger partial charge in [0.25, 0.3) is 6.43 Å². The van der Waals surface area contributed by atoms with Crippen LogP contribution in [-0.4, -0.2) is 34.7 Å². The zero-order chi connectivity index (χ0) is 17.5. The highest BCUT2D eigenvalue weighted by Crippen LogP contribution is 2.52. The number of amides is 2. The lowest BCUT2D eigenvalue weighted by Gasteiger charge is -2.37. The molecule has 0 aliphatic heterocycles. The first-order chi connectivity index (χ1) is 11.3. The van der Waals surface area contributed by atoms with Gasteiger partial charge in [0.15, 0.2) is 5.82 Å². The molecule has 2 aliphatic carbocycles. The van der Waals surface area contributed by atoms with E-state index in [2.05, 4.69) is 15.7 Å². The van der Waals surface area contributed by atoms with Gasteiger partial charge in [-0.15, -0.1) is 0 Å². The van der Waals surface area contributed by atoms with Crippen molar-refractivity contribution in [1.82, 2.24) is 15.1 Å². The van der Waals surface area contributed by atoms with Crippen molar-refractivity contribution >= 4 is 11.8 Å². The van der Waals surface area contributed by atoms with Crippen LogP contribution in [0.15, 0.2) is 0 Å². The van der Waals surface area contributed by atoms with Crippen LogP contribution in [0.2, 0.25) is 0 Å². The predicted molar refractivity (Wildman–Crippen MR) is 79.7 cm³/mol. The van der Waals surface area contributed by atoms with Gasteiger partial charge >= 0.3 is 6.03 Å². The normalized spacial score (nSPS) is 20.6. The van der Waals surface area contributed by atoms with E-state index in [-0.39, 0.29) is 24.7 Å². The predicted octanol–water partition coefficient (Wildman–Crippen LogP) is 3.59. The molecule has 2 fully saturated rings. The number of aryl methyl sites for hydroxylation is 1. The van der Waals surface area contributed by atoms with Crippen LogP contribution < -0.4 is 10.6 Å². The Kier molecular flexibility index (Phi) is 4.44. The summed E-state index contributed by atoms with van der Waals surface area (Å²) < 4.78 is 52.4. The molecule has 5 nitrogen and oxygen atoms in total. The van der Waals surface area contributed by atoms with Crippen LogP contribution in [0, 0.1) is 0 Å². The maximum absolute atomic E-state index is 13.2. The summed E-state index contributed by atoms with van der Waals surface area (Å²) in [5.74, 6) is -2.46. The Labute approximate surface area is 136 Å². The number of hydrogen-bond acceptors (Lipinski definition) is 2. The van der Waals surface area contributed by atoms with Gasteiger partial charge in [0.05, 0.1) is 6.54 Å². The number of urea groups is 1. The van der Waals surface area contributed by atoms with Crippen LogP contribution in [0.5, 0.6) is 0 Å². The topological polar surface area (TPSA) is 59.0 Å². The van der Waals surface area contributed by atoms with Gasteiger partial charge in [0.2, 0.25) is 5.92 Å². The number of anilines is 1. The lowest BCUT2D eigenvalue weighted by Crippen LogP contribution is -2.35.